The van der Waals surface area contributed by atoms with E-state index in [4.69, 9.17) is 9.47 Å². The maximum Gasteiger partial charge on any atom is 0.337 e. The molecule has 0 unspecified atom stereocenters. The van der Waals surface area contributed by atoms with Crippen molar-refractivity contribution in [3.63, 3.8) is 0 Å². The summed E-state index contributed by atoms with van der Waals surface area (Å²) in [7, 11) is 1.39. The first-order chi connectivity index (χ1) is 9.44. The van der Waals surface area contributed by atoms with E-state index < -0.39 is 0 Å². The number of nitrogens with zero attached hydrogens (tertiary/aromatic N) is 1. The molecule has 2 rings (SSSR count). The highest BCUT2D eigenvalue weighted by atomic mass is 79.9. The van der Waals surface area contributed by atoms with Crippen LogP contribution in [-0.2, 0) is 16.0 Å². The number of benzene rings is 1. The molecule has 0 aliphatic carbocycles. The Morgan fingerprint density at radius 1 is 1.50 bits per heavy atom. The van der Waals surface area contributed by atoms with Crippen LogP contribution in [0.3, 0.4) is 0 Å². The van der Waals surface area contributed by atoms with Gasteiger partial charge in [-0.3, -0.25) is 4.90 Å². The Labute approximate surface area is 128 Å². The van der Waals surface area contributed by atoms with Crippen LogP contribution >= 0.6 is 15.9 Å². The lowest BCUT2D eigenvalue weighted by atomic mass is 10.0. The molecule has 0 bridgehead atoms. The van der Waals surface area contributed by atoms with Gasteiger partial charge in [0.15, 0.2) is 0 Å². The molecule has 5 heteroatoms. The van der Waals surface area contributed by atoms with E-state index in [2.05, 4.69) is 34.7 Å². The molecule has 0 radical (unpaired) electrons. The average Bonchev–Trinajstić information content (AvgIpc) is 2.42. The zero-order valence-corrected chi connectivity index (χ0v) is 13.7. The van der Waals surface area contributed by atoms with Crippen LogP contribution in [0.25, 0.3) is 0 Å². The van der Waals surface area contributed by atoms with E-state index in [0.717, 1.165) is 36.3 Å². The average molecular weight is 342 g/mol. The van der Waals surface area contributed by atoms with Crippen LogP contribution < -0.4 is 0 Å². The van der Waals surface area contributed by atoms with Crippen LogP contribution in [0.1, 0.15) is 29.8 Å². The van der Waals surface area contributed by atoms with Crippen molar-refractivity contribution >= 4 is 21.9 Å². The molecule has 1 aliphatic heterocycles. The molecule has 0 atom stereocenters. The number of ether oxygens (including phenoxy) is 2. The number of hydrogen-bond donors (Lipinski definition) is 0. The second-order valence-electron chi connectivity index (χ2n) is 5.58. The standard InChI is InChI=1S/C15H20BrNO3/c1-15(2)10-20-7-6-17(15)9-12-5-4-11(8-13(12)16)14(18)19-3/h4-5,8H,6-7,9-10H2,1-3H3. The summed E-state index contributed by atoms with van der Waals surface area (Å²) in [6.45, 7) is 7.62. The maximum atomic E-state index is 11.5. The summed E-state index contributed by atoms with van der Waals surface area (Å²) in [6, 6.07) is 5.59. The van der Waals surface area contributed by atoms with Crippen molar-refractivity contribution in [1.82, 2.24) is 4.90 Å². The molecule has 110 valence electrons. The molecule has 0 N–H and O–H groups in total. The first-order valence-corrected chi connectivity index (χ1v) is 7.43. The van der Waals surface area contributed by atoms with Crippen molar-refractivity contribution in [2.24, 2.45) is 0 Å². The van der Waals surface area contributed by atoms with Crippen LogP contribution in [0.15, 0.2) is 22.7 Å². The number of halogens is 1. The Bertz CT molecular complexity index is 502. The lowest BCUT2D eigenvalue weighted by molar-refractivity contribution is -0.0553. The monoisotopic (exact) mass is 341 g/mol. The summed E-state index contributed by atoms with van der Waals surface area (Å²) < 4.78 is 11.2. The highest BCUT2D eigenvalue weighted by Gasteiger charge is 2.30. The quantitative estimate of drug-likeness (QED) is 0.792. The fourth-order valence-electron chi connectivity index (χ4n) is 2.31. The third kappa shape index (κ3) is 3.40. The normalized spacial score (nSPS) is 18.8. The van der Waals surface area contributed by atoms with E-state index in [9.17, 15) is 4.79 Å². The minimum absolute atomic E-state index is 0.0265. The van der Waals surface area contributed by atoms with Gasteiger partial charge in [-0.05, 0) is 31.5 Å². The number of esters is 1. The van der Waals surface area contributed by atoms with Crippen LogP contribution in [0, 0.1) is 0 Å². The Hall–Kier alpha value is -0.910. The van der Waals surface area contributed by atoms with Gasteiger partial charge in [0.05, 0.1) is 25.9 Å². The van der Waals surface area contributed by atoms with Crippen molar-refractivity contribution in [3.8, 4) is 0 Å². The third-order valence-corrected chi connectivity index (χ3v) is 4.39. The maximum absolute atomic E-state index is 11.5. The Morgan fingerprint density at radius 2 is 2.25 bits per heavy atom. The highest BCUT2D eigenvalue weighted by molar-refractivity contribution is 9.10. The summed E-state index contributed by atoms with van der Waals surface area (Å²) >= 11 is 3.54. The summed E-state index contributed by atoms with van der Waals surface area (Å²) in [5.41, 5.74) is 1.75. The molecule has 0 saturated carbocycles. The van der Waals surface area contributed by atoms with Gasteiger partial charge < -0.3 is 9.47 Å². The molecule has 1 fully saturated rings. The Kier molecular flexibility index (Phi) is 4.83. The van der Waals surface area contributed by atoms with Gasteiger partial charge in [0.2, 0.25) is 0 Å². The highest BCUT2D eigenvalue weighted by Crippen LogP contribution is 2.26. The van der Waals surface area contributed by atoms with Crippen molar-refractivity contribution in [3.05, 3.63) is 33.8 Å². The number of rotatable bonds is 3. The Morgan fingerprint density at radius 3 is 2.85 bits per heavy atom. The van der Waals surface area contributed by atoms with E-state index in [1.807, 2.05) is 12.1 Å². The third-order valence-electron chi connectivity index (χ3n) is 3.65. The predicted molar refractivity (Wildman–Crippen MR) is 80.8 cm³/mol. The summed E-state index contributed by atoms with van der Waals surface area (Å²) in [5.74, 6) is -0.316. The van der Waals surface area contributed by atoms with Gasteiger partial charge >= 0.3 is 5.97 Å². The topological polar surface area (TPSA) is 38.8 Å². The summed E-state index contributed by atoms with van der Waals surface area (Å²) in [6.07, 6.45) is 0. The minimum atomic E-state index is -0.316. The van der Waals surface area contributed by atoms with Crippen LogP contribution in [-0.4, -0.2) is 43.3 Å². The smallest absolute Gasteiger partial charge is 0.337 e. The van der Waals surface area contributed by atoms with Gasteiger partial charge in [0, 0.05) is 23.1 Å². The van der Waals surface area contributed by atoms with Crippen LogP contribution in [0.4, 0.5) is 0 Å². The predicted octanol–water partition coefficient (Wildman–Crippen LogP) is 2.85. The zero-order valence-electron chi connectivity index (χ0n) is 12.1. The molecule has 20 heavy (non-hydrogen) atoms. The van der Waals surface area contributed by atoms with Crippen molar-refractivity contribution in [2.45, 2.75) is 25.9 Å². The SMILES string of the molecule is COC(=O)c1ccc(CN2CCOCC2(C)C)c(Br)c1. The summed E-state index contributed by atoms with van der Waals surface area (Å²) in [4.78, 5) is 13.9. The second-order valence-corrected chi connectivity index (χ2v) is 6.44. The molecule has 1 aromatic carbocycles. The summed E-state index contributed by atoms with van der Waals surface area (Å²) in [5, 5.41) is 0. The van der Waals surface area contributed by atoms with Crippen LogP contribution in [0.2, 0.25) is 0 Å². The van der Waals surface area contributed by atoms with Crippen molar-refractivity contribution in [2.75, 3.05) is 26.9 Å². The number of morpholine rings is 1. The first kappa shape index (κ1) is 15.5. The second kappa shape index (κ2) is 6.24. The molecule has 0 aromatic heterocycles. The van der Waals surface area contributed by atoms with Gasteiger partial charge in [-0.2, -0.15) is 0 Å². The lowest BCUT2D eigenvalue weighted by Gasteiger charge is -2.42. The number of hydrogen-bond acceptors (Lipinski definition) is 4. The fourth-order valence-corrected chi connectivity index (χ4v) is 2.81. The van der Waals surface area contributed by atoms with E-state index in [1.165, 1.54) is 7.11 Å². The molecule has 0 spiro atoms. The molecular weight excluding hydrogens is 322 g/mol. The minimum Gasteiger partial charge on any atom is -0.465 e. The van der Waals surface area contributed by atoms with E-state index in [0.29, 0.717) is 5.56 Å². The Balaban J connectivity index is 2.15. The van der Waals surface area contributed by atoms with Crippen molar-refractivity contribution < 1.29 is 14.3 Å². The van der Waals surface area contributed by atoms with E-state index in [-0.39, 0.29) is 11.5 Å². The fraction of sp³-hybridized carbons (Fsp3) is 0.533. The van der Waals surface area contributed by atoms with Gasteiger partial charge in [-0.25, -0.2) is 4.79 Å². The lowest BCUT2D eigenvalue weighted by Crippen LogP contribution is -2.52. The molecule has 0 amide bonds. The van der Waals surface area contributed by atoms with E-state index in [1.54, 1.807) is 6.07 Å². The van der Waals surface area contributed by atoms with Gasteiger partial charge in [0.25, 0.3) is 0 Å². The molecular formula is C15H20BrNO3. The largest absolute Gasteiger partial charge is 0.465 e. The van der Waals surface area contributed by atoms with Gasteiger partial charge in [-0.15, -0.1) is 0 Å². The zero-order chi connectivity index (χ0) is 14.8. The molecule has 1 heterocycles. The number of carbonyl (C=O) groups excluding carboxylic acids is 1. The molecule has 1 saturated heterocycles. The van der Waals surface area contributed by atoms with Crippen molar-refractivity contribution in [1.29, 1.82) is 0 Å². The molecule has 1 aromatic rings. The van der Waals surface area contributed by atoms with Crippen LogP contribution in [0.5, 0.6) is 0 Å². The molecule has 4 nitrogen and oxygen atoms in total. The first-order valence-electron chi connectivity index (χ1n) is 6.63. The molecule has 1 aliphatic rings. The number of carbonyl (C=O) groups is 1. The van der Waals surface area contributed by atoms with Gasteiger partial charge in [0.1, 0.15) is 0 Å². The van der Waals surface area contributed by atoms with E-state index >= 15 is 0 Å². The number of methoxy groups -OCH3 is 1. The van der Waals surface area contributed by atoms with Gasteiger partial charge in [-0.1, -0.05) is 22.0 Å².